The van der Waals surface area contributed by atoms with E-state index in [1.54, 1.807) is 12.3 Å². The van der Waals surface area contributed by atoms with Gasteiger partial charge in [-0.25, -0.2) is 4.98 Å². The fourth-order valence-corrected chi connectivity index (χ4v) is 3.46. The van der Waals surface area contributed by atoms with Crippen LogP contribution in [-0.2, 0) is 11.2 Å². The normalized spacial score (nSPS) is 14.3. The van der Waals surface area contributed by atoms with Crippen molar-refractivity contribution in [2.75, 3.05) is 31.1 Å². The van der Waals surface area contributed by atoms with Gasteiger partial charge in [0.15, 0.2) is 11.7 Å². The lowest BCUT2D eigenvalue weighted by atomic mass is 10.2. The number of amides is 1. The molecule has 0 spiro atoms. The van der Waals surface area contributed by atoms with Crippen LogP contribution in [0.15, 0.2) is 65.2 Å². The number of benzene rings is 2. The summed E-state index contributed by atoms with van der Waals surface area (Å²) in [6, 6.07) is 17.1. The number of phenolic OH excluding ortho intramolecular Hbond substituents is 1. The van der Waals surface area contributed by atoms with Crippen molar-refractivity contribution < 1.29 is 14.3 Å². The first kappa shape index (κ1) is 18.1. The van der Waals surface area contributed by atoms with Gasteiger partial charge in [-0.3, -0.25) is 4.79 Å². The zero-order valence-corrected chi connectivity index (χ0v) is 15.6. The summed E-state index contributed by atoms with van der Waals surface area (Å²) in [5.41, 5.74) is 1.80. The Morgan fingerprint density at radius 1 is 1.00 bits per heavy atom. The number of aryl methyl sites for hydroxylation is 1. The van der Waals surface area contributed by atoms with Crippen molar-refractivity contribution in [3.05, 3.63) is 66.7 Å². The number of hydrogen-bond donors (Lipinski definition) is 1. The maximum Gasteiger partial charge on any atom is 0.223 e. The van der Waals surface area contributed by atoms with Gasteiger partial charge in [-0.1, -0.05) is 42.5 Å². The van der Waals surface area contributed by atoms with Crippen molar-refractivity contribution in [1.29, 1.82) is 0 Å². The quantitative estimate of drug-likeness (QED) is 0.739. The molecule has 0 atom stereocenters. The van der Waals surface area contributed by atoms with Gasteiger partial charge in [-0.05, 0) is 12.1 Å². The molecule has 4 rings (SSSR count). The Kier molecular flexibility index (Phi) is 5.28. The van der Waals surface area contributed by atoms with Gasteiger partial charge >= 0.3 is 0 Å². The number of carbonyl (C=O) groups excluding carboxylic acids is 1. The number of phenols is 1. The highest BCUT2D eigenvalue weighted by atomic mass is 16.4. The van der Waals surface area contributed by atoms with E-state index in [2.05, 4.69) is 9.88 Å². The molecule has 2 heterocycles. The Balaban J connectivity index is 1.28. The van der Waals surface area contributed by atoms with Crippen LogP contribution in [-0.4, -0.2) is 47.1 Å². The van der Waals surface area contributed by atoms with E-state index in [-0.39, 0.29) is 11.7 Å². The molecular formula is C22H23N3O3. The minimum absolute atomic E-state index is 0.108. The van der Waals surface area contributed by atoms with Crippen LogP contribution >= 0.6 is 0 Å². The molecule has 1 saturated heterocycles. The Labute approximate surface area is 164 Å². The number of aromatic hydroxyl groups is 1. The number of hydrogen-bond acceptors (Lipinski definition) is 5. The van der Waals surface area contributed by atoms with Gasteiger partial charge in [0.2, 0.25) is 5.91 Å². The highest BCUT2D eigenvalue weighted by Crippen LogP contribution is 2.27. The standard InChI is InChI=1S/C22H23N3O3/c26-19-9-5-4-8-18(19)24-12-14-25(15-13-24)22(27)11-10-21-23-16-20(28-21)17-6-2-1-3-7-17/h1-9,16,26H,10-15H2. The molecule has 0 radical (unpaired) electrons. The Morgan fingerprint density at radius 2 is 1.71 bits per heavy atom. The van der Waals surface area contributed by atoms with Gasteiger partial charge in [0.05, 0.1) is 11.9 Å². The number of rotatable bonds is 5. The average Bonchev–Trinajstić information content (AvgIpc) is 3.22. The first-order valence-electron chi connectivity index (χ1n) is 9.51. The van der Waals surface area contributed by atoms with Gasteiger partial charge in [0, 0.05) is 44.6 Å². The largest absolute Gasteiger partial charge is 0.506 e. The predicted octanol–water partition coefficient (Wildman–Crippen LogP) is 3.33. The van der Waals surface area contributed by atoms with Gasteiger partial charge in [0.1, 0.15) is 5.75 Å². The van der Waals surface area contributed by atoms with Gasteiger partial charge in [-0.15, -0.1) is 0 Å². The van der Waals surface area contributed by atoms with Crippen LogP contribution in [0.5, 0.6) is 5.75 Å². The molecule has 6 heteroatoms. The molecule has 0 bridgehead atoms. The molecule has 144 valence electrons. The first-order valence-corrected chi connectivity index (χ1v) is 9.51. The lowest BCUT2D eigenvalue weighted by molar-refractivity contribution is -0.131. The lowest BCUT2D eigenvalue weighted by Gasteiger charge is -2.36. The van der Waals surface area contributed by atoms with Gasteiger partial charge in [0.25, 0.3) is 0 Å². The number of oxazole rings is 1. The number of piperazine rings is 1. The summed E-state index contributed by atoms with van der Waals surface area (Å²) in [6.45, 7) is 2.71. The molecule has 1 fully saturated rings. The van der Waals surface area contributed by atoms with Crippen molar-refractivity contribution in [2.45, 2.75) is 12.8 Å². The molecule has 1 aliphatic heterocycles. The molecule has 28 heavy (non-hydrogen) atoms. The molecule has 1 N–H and O–H groups in total. The smallest absolute Gasteiger partial charge is 0.223 e. The van der Waals surface area contributed by atoms with Crippen LogP contribution in [0.2, 0.25) is 0 Å². The molecule has 0 unspecified atom stereocenters. The summed E-state index contributed by atoms with van der Waals surface area (Å²) >= 11 is 0. The van der Waals surface area contributed by atoms with Crippen molar-refractivity contribution in [2.24, 2.45) is 0 Å². The molecule has 1 aliphatic rings. The maximum absolute atomic E-state index is 12.5. The fraction of sp³-hybridized carbons (Fsp3) is 0.273. The third kappa shape index (κ3) is 4.01. The second kappa shape index (κ2) is 8.17. The molecule has 0 saturated carbocycles. The molecule has 2 aromatic carbocycles. The van der Waals surface area contributed by atoms with E-state index in [0.29, 0.717) is 44.9 Å². The lowest BCUT2D eigenvalue weighted by Crippen LogP contribution is -2.48. The highest BCUT2D eigenvalue weighted by Gasteiger charge is 2.22. The summed E-state index contributed by atoms with van der Waals surface area (Å²) in [4.78, 5) is 20.8. The third-order valence-electron chi connectivity index (χ3n) is 5.02. The number of nitrogens with zero attached hydrogens (tertiary/aromatic N) is 3. The summed E-state index contributed by atoms with van der Waals surface area (Å²) in [7, 11) is 0. The van der Waals surface area contributed by atoms with Gasteiger partial charge in [-0.2, -0.15) is 0 Å². The minimum atomic E-state index is 0.108. The van der Waals surface area contributed by atoms with E-state index in [0.717, 1.165) is 17.0 Å². The van der Waals surface area contributed by atoms with E-state index < -0.39 is 0 Å². The van der Waals surface area contributed by atoms with Crippen LogP contribution in [0.1, 0.15) is 12.3 Å². The molecule has 6 nitrogen and oxygen atoms in total. The fourth-order valence-electron chi connectivity index (χ4n) is 3.46. The Bertz CT molecular complexity index is 931. The molecule has 1 aromatic heterocycles. The van der Waals surface area contributed by atoms with E-state index >= 15 is 0 Å². The van der Waals surface area contributed by atoms with Crippen molar-refractivity contribution in [3.8, 4) is 17.1 Å². The molecule has 1 amide bonds. The van der Waals surface area contributed by atoms with E-state index in [9.17, 15) is 9.90 Å². The van der Waals surface area contributed by atoms with Crippen molar-refractivity contribution >= 4 is 11.6 Å². The van der Waals surface area contributed by atoms with Crippen LogP contribution < -0.4 is 4.90 Å². The molecule has 3 aromatic rings. The summed E-state index contributed by atoms with van der Waals surface area (Å²) < 4.78 is 5.78. The van der Waals surface area contributed by atoms with E-state index in [1.807, 2.05) is 53.4 Å². The van der Waals surface area contributed by atoms with Crippen molar-refractivity contribution in [1.82, 2.24) is 9.88 Å². The van der Waals surface area contributed by atoms with Crippen molar-refractivity contribution in [3.63, 3.8) is 0 Å². The monoisotopic (exact) mass is 377 g/mol. The predicted molar refractivity (Wildman–Crippen MR) is 107 cm³/mol. The van der Waals surface area contributed by atoms with Crippen LogP contribution in [0.4, 0.5) is 5.69 Å². The summed E-state index contributed by atoms with van der Waals surface area (Å²) in [5, 5.41) is 9.99. The van der Waals surface area contributed by atoms with Crippen LogP contribution in [0, 0.1) is 0 Å². The van der Waals surface area contributed by atoms with E-state index in [4.69, 9.17) is 4.42 Å². The van der Waals surface area contributed by atoms with Crippen LogP contribution in [0.25, 0.3) is 11.3 Å². The Hall–Kier alpha value is -3.28. The minimum Gasteiger partial charge on any atom is -0.506 e. The second-order valence-corrected chi connectivity index (χ2v) is 6.84. The maximum atomic E-state index is 12.5. The number of para-hydroxylation sites is 2. The van der Waals surface area contributed by atoms with E-state index in [1.165, 1.54) is 0 Å². The summed E-state index contributed by atoms with van der Waals surface area (Å²) in [5.74, 6) is 1.69. The number of aromatic nitrogens is 1. The average molecular weight is 377 g/mol. The Morgan fingerprint density at radius 3 is 2.46 bits per heavy atom. The first-order chi connectivity index (χ1) is 13.7. The van der Waals surface area contributed by atoms with Crippen LogP contribution in [0.3, 0.4) is 0 Å². The zero-order chi connectivity index (χ0) is 19.3. The molecular weight excluding hydrogens is 354 g/mol. The van der Waals surface area contributed by atoms with Gasteiger partial charge < -0.3 is 19.3 Å². The third-order valence-corrected chi connectivity index (χ3v) is 5.02. The SMILES string of the molecule is O=C(CCc1ncc(-c2ccccc2)o1)N1CCN(c2ccccc2O)CC1. The second-order valence-electron chi connectivity index (χ2n) is 6.84. The topological polar surface area (TPSA) is 69.8 Å². The number of anilines is 1. The number of carbonyl (C=O) groups is 1. The zero-order valence-electron chi connectivity index (χ0n) is 15.6. The summed E-state index contributed by atoms with van der Waals surface area (Å²) in [6.07, 6.45) is 2.58. The molecule has 0 aliphatic carbocycles. The highest BCUT2D eigenvalue weighted by molar-refractivity contribution is 5.76.